The van der Waals surface area contributed by atoms with Crippen LogP contribution in [0, 0.1) is 23.7 Å². The summed E-state index contributed by atoms with van der Waals surface area (Å²) in [5.41, 5.74) is -0.816. The van der Waals surface area contributed by atoms with E-state index in [9.17, 15) is 14.7 Å². The van der Waals surface area contributed by atoms with Gasteiger partial charge in [-0.25, -0.2) is 4.79 Å². The highest BCUT2D eigenvalue weighted by Gasteiger charge is 2.40. The Morgan fingerprint density at radius 1 is 1.55 bits per heavy atom. The maximum atomic E-state index is 12.1. The number of hydrogen-bond donors (Lipinski definition) is 2. The minimum atomic E-state index is -0.816. The molecule has 0 aromatic rings. The van der Waals surface area contributed by atoms with Gasteiger partial charge < -0.3 is 15.3 Å². The number of carboxylic acid groups (broad SMARTS) is 1. The van der Waals surface area contributed by atoms with Crippen LogP contribution in [0.5, 0.6) is 0 Å². The van der Waals surface area contributed by atoms with E-state index in [1.165, 1.54) is 0 Å². The van der Waals surface area contributed by atoms with Crippen LogP contribution < -0.4 is 5.32 Å². The number of piperidine rings is 1. The molecule has 20 heavy (non-hydrogen) atoms. The molecule has 0 saturated carbocycles. The first-order valence-electron chi connectivity index (χ1n) is 7.01. The summed E-state index contributed by atoms with van der Waals surface area (Å²) in [6.07, 6.45) is 7.37. The summed E-state index contributed by atoms with van der Waals surface area (Å²) in [4.78, 5) is 25.1. The summed E-state index contributed by atoms with van der Waals surface area (Å²) in [6, 6.07) is -0.223. The van der Waals surface area contributed by atoms with Crippen LogP contribution in [0.3, 0.4) is 0 Å². The lowest BCUT2D eigenvalue weighted by atomic mass is 9.74. The Labute approximate surface area is 120 Å². The van der Waals surface area contributed by atoms with Gasteiger partial charge in [-0.15, -0.1) is 12.3 Å². The van der Waals surface area contributed by atoms with Crippen LogP contribution in [0.2, 0.25) is 0 Å². The van der Waals surface area contributed by atoms with E-state index in [1.54, 1.807) is 18.7 Å². The van der Waals surface area contributed by atoms with Crippen molar-refractivity contribution in [3.05, 3.63) is 0 Å². The lowest BCUT2D eigenvalue weighted by Crippen LogP contribution is -2.51. The minimum absolute atomic E-state index is 0.0255. The van der Waals surface area contributed by atoms with Gasteiger partial charge in [-0.1, -0.05) is 0 Å². The van der Waals surface area contributed by atoms with Crippen molar-refractivity contribution in [3.8, 4) is 12.3 Å². The predicted molar refractivity (Wildman–Crippen MR) is 77.2 cm³/mol. The molecule has 5 heteroatoms. The molecule has 5 nitrogen and oxygen atoms in total. The first-order chi connectivity index (χ1) is 9.28. The van der Waals surface area contributed by atoms with E-state index in [0.29, 0.717) is 19.5 Å². The first-order valence-corrected chi connectivity index (χ1v) is 7.01. The molecule has 112 valence electrons. The van der Waals surface area contributed by atoms with Gasteiger partial charge in [-0.05, 0) is 39.5 Å². The number of urea groups is 1. The SMILES string of the molecule is C#CCC(C)NC(=O)N1CCCC(C(C)(C)C(=O)O)C1. The van der Waals surface area contributed by atoms with Gasteiger partial charge >= 0.3 is 12.0 Å². The highest BCUT2D eigenvalue weighted by Crippen LogP contribution is 2.34. The van der Waals surface area contributed by atoms with Crippen molar-refractivity contribution in [1.82, 2.24) is 10.2 Å². The molecule has 2 unspecified atom stereocenters. The molecule has 0 spiro atoms. The average Bonchev–Trinajstić information content (AvgIpc) is 2.38. The van der Waals surface area contributed by atoms with Crippen LogP contribution in [0.15, 0.2) is 0 Å². The van der Waals surface area contributed by atoms with E-state index in [0.717, 1.165) is 12.8 Å². The van der Waals surface area contributed by atoms with Gasteiger partial charge in [0, 0.05) is 25.6 Å². The normalized spacial score (nSPS) is 20.9. The van der Waals surface area contributed by atoms with Crippen molar-refractivity contribution < 1.29 is 14.7 Å². The standard InChI is InChI=1S/C15H24N2O3/c1-5-7-11(2)16-14(20)17-9-6-8-12(10-17)15(3,4)13(18)19/h1,11-12H,6-10H2,2-4H3,(H,16,20)(H,18,19). The second-order valence-electron chi connectivity index (χ2n) is 6.07. The summed E-state index contributed by atoms with van der Waals surface area (Å²) in [5, 5.41) is 12.1. The third-order valence-corrected chi connectivity index (χ3v) is 4.07. The van der Waals surface area contributed by atoms with Crippen LogP contribution in [0.4, 0.5) is 4.79 Å². The molecule has 0 aromatic heterocycles. The second-order valence-corrected chi connectivity index (χ2v) is 6.07. The molecule has 0 radical (unpaired) electrons. The third kappa shape index (κ3) is 3.89. The molecule has 1 fully saturated rings. The fraction of sp³-hybridized carbons (Fsp3) is 0.733. The van der Waals surface area contributed by atoms with Crippen molar-refractivity contribution >= 4 is 12.0 Å². The van der Waals surface area contributed by atoms with Crippen molar-refractivity contribution in [2.24, 2.45) is 11.3 Å². The van der Waals surface area contributed by atoms with Gasteiger partial charge in [0.1, 0.15) is 0 Å². The first kappa shape index (κ1) is 16.4. The zero-order chi connectivity index (χ0) is 15.3. The lowest BCUT2D eigenvalue weighted by Gasteiger charge is -2.39. The summed E-state index contributed by atoms with van der Waals surface area (Å²) >= 11 is 0. The van der Waals surface area contributed by atoms with E-state index in [4.69, 9.17) is 6.42 Å². The number of aliphatic carboxylic acids is 1. The topological polar surface area (TPSA) is 69.6 Å². The van der Waals surface area contributed by atoms with E-state index in [1.807, 2.05) is 6.92 Å². The fourth-order valence-corrected chi connectivity index (χ4v) is 2.46. The van der Waals surface area contributed by atoms with Crippen molar-refractivity contribution in [2.75, 3.05) is 13.1 Å². The average molecular weight is 280 g/mol. The molecule has 2 N–H and O–H groups in total. The molecular weight excluding hydrogens is 256 g/mol. The Kier molecular flexibility index (Phi) is 5.43. The number of terminal acetylenes is 1. The number of carboxylic acids is 1. The molecule has 1 rings (SSSR count). The van der Waals surface area contributed by atoms with Crippen molar-refractivity contribution in [2.45, 2.75) is 46.1 Å². The summed E-state index contributed by atoms with van der Waals surface area (Å²) in [7, 11) is 0. The van der Waals surface area contributed by atoms with Gasteiger partial charge in [0.2, 0.25) is 0 Å². The molecule has 2 atom stereocenters. The Morgan fingerprint density at radius 2 is 2.20 bits per heavy atom. The zero-order valence-electron chi connectivity index (χ0n) is 12.5. The van der Waals surface area contributed by atoms with Crippen LogP contribution >= 0.6 is 0 Å². The molecule has 1 aliphatic heterocycles. The molecule has 2 amide bonds. The highest BCUT2D eigenvalue weighted by molar-refractivity contribution is 5.76. The summed E-state index contributed by atoms with van der Waals surface area (Å²) in [5.74, 6) is 1.67. The van der Waals surface area contributed by atoms with Gasteiger partial charge in [0.15, 0.2) is 0 Å². The molecule has 1 aliphatic rings. The predicted octanol–water partition coefficient (Wildman–Crippen LogP) is 1.93. The zero-order valence-corrected chi connectivity index (χ0v) is 12.5. The van der Waals surface area contributed by atoms with Crippen LogP contribution in [-0.4, -0.2) is 41.1 Å². The van der Waals surface area contributed by atoms with Gasteiger partial charge in [-0.2, -0.15) is 0 Å². The van der Waals surface area contributed by atoms with E-state index in [2.05, 4.69) is 11.2 Å². The maximum Gasteiger partial charge on any atom is 0.317 e. The van der Waals surface area contributed by atoms with E-state index in [-0.39, 0.29) is 18.0 Å². The third-order valence-electron chi connectivity index (χ3n) is 4.07. The number of amides is 2. The Bertz CT molecular complexity index is 412. The number of nitrogens with zero attached hydrogens (tertiary/aromatic N) is 1. The number of carbonyl (C=O) groups is 2. The number of hydrogen-bond acceptors (Lipinski definition) is 2. The smallest absolute Gasteiger partial charge is 0.317 e. The van der Waals surface area contributed by atoms with Gasteiger partial charge in [0.05, 0.1) is 5.41 Å². The minimum Gasteiger partial charge on any atom is -0.481 e. The highest BCUT2D eigenvalue weighted by atomic mass is 16.4. The summed E-state index contributed by atoms with van der Waals surface area (Å²) < 4.78 is 0. The molecule has 0 aliphatic carbocycles. The second kappa shape index (κ2) is 6.65. The number of nitrogens with one attached hydrogen (secondary N) is 1. The Balaban J connectivity index is 2.63. The van der Waals surface area contributed by atoms with Crippen LogP contribution in [0.25, 0.3) is 0 Å². The monoisotopic (exact) mass is 280 g/mol. The molecule has 0 bridgehead atoms. The fourth-order valence-electron chi connectivity index (χ4n) is 2.46. The number of rotatable bonds is 4. The quantitative estimate of drug-likeness (QED) is 0.773. The summed E-state index contributed by atoms with van der Waals surface area (Å²) in [6.45, 7) is 6.46. The van der Waals surface area contributed by atoms with E-state index < -0.39 is 11.4 Å². The van der Waals surface area contributed by atoms with Crippen LogP contribution in [0.1, 0.15) is 40.0 Å². The van der Waals surface area contributed by atoms with Gasteiger partial charge in [-0.3, -0.25) is 4.79 Å². The molecule has 0 aromatic carbocycles. The lowest BCUT2D eigenvalue weighted by molar-refractivity contribution is -0.151. The van der Waals surface area contributed by atoms with Crippen molar-refractivity contribution in [1.29, 1.82) is 0 Å². The number of likely N-dealkylation sites (tertiary alicyclic amines) is 1. The maximum absolute atomic E-state index is 12.1. The molecule has 1 heterocycles. The van der Waals surface area contributed by atoms with Crippen LogP contribution in [-0.2, 0) is 4.79 Å². The number of carbonyl (C=O) groups excluding carboxylic acids is 1. The van der Waals surface area contributed by atoms with Crippen molar-refractivity contribution in [3.63, 3.8) is 0 Å². The largest absolute Gasteiger partial charge is 0.481 e. The molecule has 1 saturated heterocycles. The Hall–Kier alpha value is -1.70. The van der Waals surface area contributed by atoms with Gasteiger partial charge in [0.25, 0.3) is 0 Å². The van der Waals surface area contributed by atoms with E-state index >= 15 is 0 Å². The molecular formula is C15H24N2O3. The Morgan fingerprint density at radius 3 is 2.75 bits per heavy atom.